The molecule has 1 amide bonds. The summed E-state index contributed by atoms with van der Waals surface area (Å²) in [5.41, 5.74) is 1.12. The number of carbonyl (C=O) groups is 1. The molecule has 2 aromatic heterocycles. The predicted octanol–water partition coefficient (Wildman–Crippen LogP) is 7.25. The van der Waals surface area contributed by atoms with Crippen molar-refractivity contribution in [1.82, 2.24) is 24.2 Å². The van der Waals surface area contributed by atoms with Crippen LogP contribution in [0.3, 0.4) is 0 Å². The Bertz CT molecular complexity index is 2580. The van der Waals surface area contributed by atoms with Gasteiger partial charge in [-0.3, -0.25) is 24.5 Å². The lowest BCUT2D eigenvalue weighted by Gasteiger charge is -2.40. The Hall–Kier alpha value is -5.51. The molecule has 7 atom stereocenters. The van der Waals surface area contributed by atoms with E-state index in [0.29, 0.717) is 11.5 Å². The molecular formula is C47H49N6O9P. The van der Waals surface area contributed by atoms with E-state index in [0.717, 1.165) is 41.6 Å². The number of rotatable bonds is 14. The number of aromatic amines is 1. The molecule has 4 aliphatic rings. The van der Waals surface area contributed by atoms with Crippen LogP contribution in [0.15, 0.2) is 120 Å². The molecule has 4 fully saturated rings. The summed E-state index contributed by atoms with van der Waals surface area (Å²) in [5.74, 6) is 0.777. The number of H-pyrrole nitrogens is 1. The van der Waals surface area contributed by atoms with E-state index in [4.69, 9.17) is 32.7 Å². The number of nitrogens with one attached hydrogen (secondary N) is 2. The van der Waals surface area contributed by atoms with E-state index < -0.39 is 43.7 Å². The highest BCUT2D eigenvalue weighted by Gasteiger charge is 2.66. The van der Waals surface area contributed by atoms with E-state index in [2.05, 4.69) is 49.2 Å². The number of benzene rings is 4. The van der Waals surface area contributed by atoms with Crippen LogP contribution in [0.5, 0.6) is 11.5 Å². The Morgan fingerprint density at radius 1 is 0.937 bits per heavy atom. The molecule has 4 aromatic carbocycles. The quantitative estimate of drug-likeness (QED) is 0.0835. The second-order valence-electron chi connectivity index (χ2n) is 16.6. The van der Waals surface area contributed by atoms with Gasteiger partial charge in [-0.1, -0.05) is 98.8 Å². The number of methoxy groups -OCH3 is 2. The highest BCUT2D eigenvalue weighted by Crippen LogP contribution is 2.63. The zero-order valence-electron chi connectivity index (χ0n) is 35.4. The summed E-state index contributed by atoms with van der Waals surface area (Å²) in [6.45, 7) is 4.50. The molecule has 0 radical (unpaired) electrons. The zero-order chi connectivity index (χ0) is 43.3. The van der Waals surface area contributed by atoms with Crippen molar-refractivity contribution in [2.45, 2.75) is 68.5 Å². The maximum atomic E-state index is 13.4. The molecule has 326 valence electrons. The summed E-state index contributed by atoms with van der Waals surface area (Å²) >= 11 is 0. The van der Waals surface area contributed by atoms with Gasteiger partial charge in [-0.15, -0.1) is 0 Å². The normalized spacial score (nSPS) is 25.5. The third-order valence-electron chi connectivity index (χ3n) is 12.5. The van der Waals surface area contributed by atoms with Crippen LogP contribution < -0.4 is 20.3 Å². The monoisotopic (exact) mass is 872 g/mol. The highest BCUT2D eigenvalue weighted by molar-refractivity contribution is 7.45. The molecule has 15 nitrogen and oxygen atoms in total. The van der Waals surface area contributed by atoms with Gasteiger partial charge in [0.25, 0.3) is 14.1 Å². The van der Waals surface area contributed by atoms with E-state index in [1.807, 2.05) is 84.9 Å². The average Bonchev–Trinajstić information content (AvgIpc) is 4.16. The van der Waals surface area contributed by atoms with Gasteiger partial charge in [-0.2, -0.15) is 4.98 Å². The van der Waals surface area contributed by atoms with E-state index in [1.165, 1.54) is 6.33 Å². The molecule has 4 saturated heterocycles. The van der Waals surface area contributed by atoms with Gasteiger partial charge >= 0.3 is 0 Å². The van der Waals surface area contributed by atoms with Crippen LogP contribution in [0.4, 0.5) is 5.95 Å². The van der Waals surface area contributed by atoms with Crippen LogP contribution in [0.1, 0.15) is 61.3 Å². The lowest BCUT2D eigenvalue weighted by molar-refractivity contribution is -0.201. The molecular weight excluding hydrogens is 824 g/mol. The first-order valence-electron chi connectivity index (χ1n) is 21.2. The average molecular weight is 873 g/mol. The summed E-state index contributed by atoms with van der Waals surface area (Å²) in [6.07, 6.45) is 1.11. The summed E-state index contributed by atoms with van der Waals surface area (Å²) < 4.78 is 50.9. The maximum absolute atomic E-state index is 13.4. The fourth-order valence-electron chi connectivity index (χ4n) is 9.24. The number of hydrogen-bond acceptors (Lipinski definition) is 12. The Morgan fingerprint density at radius 2 is 1.59 bits per heavy atom. The van der Waals surface area contributed by atoms with E-state index in [-0.39, 0.29) is 54.3 Å². The minimum Gasteiger partial charge on any atom is -0.497 e. The van der Waals surface area contributed by atoms with Crippen molar-refractivity contribution in [2.75, 3.05) is 39.3 Å². The lowest BCUT2D eigenvalue weighted by Crippen LogP contribution is -2.49. The fraction of sp³-hybridized carbons (Fsp3) is 0.362. The van der Waals surface area contributed by atoms with Gasteiger partial charge in [0.1, 0.15) is 41.0 Å². The lowest BCUT2D eigenvalue weighted by atomic mass is 9.79. The molecule has 63 heavy (non-hydrogen) atoms. The van der Waals surface area contributed by atoms with E-state index in [9.17, 15) is 9.59 Å². The summed E-state index contributed by atoms with van der Waals surface area (Å²) in [4.78, 5) is 37.9. The number of fused-ring (bicyclic) bond motifs is 4. The number of ether oxygens (including phenoxy) is 5. The van der Waals surface area contributed by atoms with Gasteiger partial charge in [0.05, 0.1) is 33.8 Å². The topological polar surface area (TPSA) is 161 Å². The number of aromatic nitrogens is 4. The molecule has 6 aromatic rings. The Morgan fingerprint density at radius 3 is 2.24 bits per heavy atom. The minimum atomic E-state index is -1.58. The van der Waals surface area contributed by atoms with Gasteiger partial charge in [0.15, 0.2) is 17.4 Å². The van der Waals surface area contributed by atoms with Crippen LogP contribution >= 0.6 is 8.53 Å². The molecule has 0 spiro atoms. The van der Waals surface area contributed by atoms with Crippen molar-refractivity contribution in [2.24, 2.45) is 5.92 Å². The van der Waals surface area contributed by atoms with Crippen molar-refractivity contribution in [3.8, 4) is 11.5 Å². The first-order valence-corrected chi connectivity index (χ1v) is 22.4. The van der Waals surface area contributed by atoms with Gasteiger partial charge in [0.2, 0.25) is 11.9 Å². The van der Waals surface area contributed by atoms with Crippen LogP contribution in [-0.2, 0) is 33.7 Å². The molecule has 2 bridgehead atoms. The number of hydrogen-bond donors (Lipinski definition) is 2. The Balaban J connectivity index is 1.07. The van der Waals surface area contributed by atoms with Crippen LogP contribution in [0.25, 0.3) is 11.2 Å². The summed E-state index contributed by atoms with van der Waals surface area (Å²) in [5, 5.41) is 2.72. The van der Waals surface area contributed by atoms with E-state index in [1.54, 1.807) is 32.6 Å². The zero-order valence-corrected chi connectivity index (χ0v) is 36.3. The smallest absolute Gasteiger partial charge is 0.280 e. The summed E-state index contributed by atoms with van der Waals surface area (Å²) in [7, 11) is 1.71. The van der Waals surface area contributed by atoms with Gasteiger partial charge in [0, 0.05) is 18.5 Å². The van der Waals surface area contributed by atoms with Crippen molar-refractivity contribution in [3.05, 3.63) is 148 Å². The molecule has 0 aliphatic carbocycles. The molecule has 16 heteroatoms. The van der Waals surface area contributed by atoms with Crippen molar-refractivity contribution < 1.29 is 37.5 Å². The molecule has 0 saturated carbocycles. The molecule has 4 aliphatic heterocycles. The number of anilines is 1. The van der Waals surface area contributed by atoms with Crippen molar-refractivity contribution >= 4 is 31.5 Å². The number of imidazole rings is 1. The summed E-state index contributed by atoms with van der Waals surface area (Å²) in [6, 6.07) is 36.3. The molecule has 0 unspecified atom stereocenters. The fourth-order valence-corrected chi connectivity index (χ4v) is 11.3. The SMILES string of the molecule is COc1ccc(C(OC[C@@]23CO[C@@H]([C@H](n4cnc5c(=O)[nH]c(NC(=O)C(C)C)nc54)O2)[C@@H]3O[P@@]2O[C@H](c3ccccc3)[C@@H]3CCCN32)(c2ccccc2)c2ccc(OC)cc2)cc1. The molecule has 10 rings (SSSR count). The van der Waals surface area contributed by atoms with Gasteiger partial charge < -0.3 is 32.7 Å². The molecule has 6 heterocycles. The van der Waals surface area contributed by atoms with Crippen molar-refractivity contribution in [3.63, 3.8) is 0 Å². The highest BCUT2D eigenvalue weighted by atomic mass is 31.2. The number of amides is 1. The Kier molecular flexibility index (Phi) is 11.1. The van der Waals surface area contributed by atoms with Crippen LogP contribution in [0.2, 0.25) is 0 Å². The van der Waals surface area contributed by atoms with Crippen LogP contribution in [-0.4, -0.2) is 87.9 Å². The minimum absolute atomic E-state index is 0.00265. The van der Waals surface area contributed by atoms with Gasteiger partial charge in [-0.05, 0) is 59.4 Å². The number of carbonyl (C=O) groups excluding carboxylic acids is 1. The van der Waals surface area contributed by atoms with Crippen molar-refractivity contribution in [1.29, 1.82) is 0 Å². The maximum Gasteiger partial charge on any atom is 0.280 e. The third kappa shape index (κ3) is 7.31. The van der Waals surface area contributed by atoms with Crippen LogP contribution in [0, 0.1) is 5.92 Å². The standard InChI is InChI=1S/C47H49N6O9P/c1-29(2)42(54)50-45-49-41-37(43(55)51-45)48-28-52(41)44-39-40(62-63-53-25-11-16-36(53)38(61-63)30-12-7-5-8-13-30)46(60-44,26-58-39)27-59-47(31-14-9-6-10-15-31,32-17-21-34(56-3)22-18-32)33-19-23-35(57-4)24-20-33/h5-10,12-15,17-24,28-29,36,38-40,44H,11,16,25-27H2,1-4H3,(H2,49,50,51,54,55)/t36-,38+,39+,40-,44+,46+,63+/m0/s1. The second-order valence-corrected chi connectivity index (χ2v) is 18.0. The third-order valence-corrected chi connectivity index (χ3v) is 14.2. The second kappa shape index (κ2) is 16.9. The first-order chi connectivity index (χ1) is 30.7. The van der Waals surface area contributed by atoms with E-state index >= 15 is 0 Å². The predicted molar refractivity (Wildman–Crippen MR) is 234 cm³/mol. The molecule has 2 N–H and O–H groups in total. The first kappa shape index (κ1) is 41.5. The Labute approximate surface area is 365 Å². The van der Waals surface area contributed by atoms with Gasteiger partial charge in [-0.25, -0.2) is 9.65 Å². The largest absolute Gasteiger partial charge is 0.497 e. The number of nitrogens with zero attached hydrogens (tertiary/aromatic N) is 4.